The van der Waals surface area contributed by atoms with Crippen molar-refractivity contribution in [2.24, 2.45) is 0 Å². The van der Waals surface area contributed by atoms with E-state index in [1.165, 1.54) is 30.0 Å². The van der Waals surface area contributed by atoms with Crippen molar-refractivity contribution in [3.63, 3.8) is 0 Å². The second-order valence-electron chi connectivity index (χ2n) is 8.41. The summed E-state index contributed by atoms with van der Waals surface area (Å²) in [6, 6.07) is 18.2. The molecule has 3 aromatic carbocycles. The molecule has 8 heteroatoms. The maximum absolute atomic E-state index is 14.5. The van der Waals surface area contributed by atoms with Gasteiger partial charge in [0.1, 0.15) is 11.9 Å². The summed E-state index contributed by atoms with van der Waals surface area (Å²) in [5.74, 6) is -2.66. The second-order valence-corrected chi connectivity index (χ2v) is 8.41. The summed E-state index contributed by atoms with van der Waals surface area (Å²) in [4.78, 5) is 53.3. The highest BCUT2D eigenvalue weighted by Crippen LogP contribution is 2.29. The first-order valence-electron chi connectivity index (χ1n) is 11.1. The van der Waals surface area contributed by atoms with E-state index in [2.05, 4.69) is 5.32 Å². The largest absolute Gasteiger partial charge is 0.326 e. The molecule has 0 spiro atoms. The number of halogens is 1. The van der Waals surface area contributed by atoms with E-state index in [1.54, 1.807) is 30.3 Å². The lowest BCUT2D eigenvalue weighted by Crippen LogP contribution is -2.45. The Kier molecular flexibility index (Phi) is 6.73. The van der Waals surface area contributed by atoms with Gasteiger partial charge in [0.2, 0.25) is 11.8 Å². The highest BCUT2D eigenvalue weighted by atomic mass is 19.1. The van der Waals surface area contributed by atoms with E-state index in [-0.39, 0.29) is 24.4 Å². The van der Waals surface area contributed by atoms with Crippen LogP contribution in [-0.4, -0.2) is 34.6 Å². The number of nitrogens with one attached hydrogen (secondary N) is 1. The Labute approximate surface area is 202 Å². The van der Waals surface area contributed by atoms with Gasteiger partial charge < -0.3 is 10.2 Å². The molecule has 4 rings (SSSR count). The van der Waals surface area contributed by atoms with Gasteiger partial charge in [0, 0.05) is 19.2 Å². The van der Waals surface area contributed by atoms with Gasteiger partial charge in [-0.1, -0.05) is 42.0 Å². The lowest BCUT2D eigenvalue weighted by atomic mass is 10.1. The predicted octanol–water partition coefficient (Wildman–Crippen LogP) is 4.07. The van der Waals surface area contributed by atoms with Crippen LogP contribution in [0.2, 0.25) is 0 Å². The lowest BCUT2D eigenvalue weighted by Gasteiger charge is -2.28. The summed E-state index contributed by atoms with van der Waals surface area (Å²) < 4.78 is 14.5. The number of rotatable bonds is 6. The molecule has 1 saturated heterocycles. The minimum Gasteiger partial charge on any atom is -0.326 e. The maximum Gasteiger partial charge on any atom is 0.257 e. The molecule has 35 heavy (non-hydrogen) atoms. The minimum absolute atomic E-state index is 0.0342. The van der Waals surface area contributed by atoms with Crippen molar-refractivity contribution in [1.29, 1.82) is 0 Å². The van der Waals surface area contributed by atoms with Gasteiger partial charge >= 0.3 is 0 Å². The van der Waals surface area contributed by atoms with Crippen molar-refractivity contribution in [1.82, 2.24) is 4.90 Å². The Hall–Kier alpha value is -4.33. The Morgan fingerprint density at radius 1 is 1.00 bits per heavy atom. The van der Waals surface area contributed by atoms with E-state index < -0.39 is 29.6 Å². The molecule has 1 aliphatic rings. The molecular weight excluding hydrogens is 449 g/mol. The molecule has 0 bridgehead atoms. The number of amides is 4. The van der Waals surface area contributed by atoms with Crippen LogP contribution in [0.5, 0.6) is 0 Å². The number of benzene rings is 3. The van der Waals surface area contributed by atoms with Crippen molar-refractivity contribution < 1.29 is 23.6 Å². The number of carbonyl (C=O) groups is 4. The van der Waals surface area contributed by atoms with Crippen LogP contribution in [-0.2, 0) is 20.9 Å². The third-order valence-corrected chi connectivity index (χ3v) is 5.78. The highest BCUT2D eigenvalue weighted by Gasteiger charge is 2.44. The van der Waals surface area contributed by atoms with Crippen LogP contribution in [0, 0.1) is 12.7 Å². The number of anilines is 2. The van der Waals surface area contributed by atoms with Gasteiger partial charge in [-0.25, -0.2) is 9.29 Å². The number of carbonyl (C=O) groups excluding carboxylic acids is 4. The molecule has 178 valence electrons. The average Bonchev–Trinajstić information content (AvgIpc) is 3.12. The third kappa shape index (κ3) is 5.11. The van der Waals surface area contributed by atoms with E-state index in [0.717, 1.165) is 16.0 Å². The number of aryl methyl sites for hydroxylation is 1. The molecule has 1 N–H and O–H groups in total. The number of hydrogen-bond acceptors (Lipinski definition) is 4. The number of hydrogen-bond donors (Lipinski definition) is 1. The molecular formula is C27H24FN3O4. The zero-order chi connectivity index (χ0) is 25.1. The van der Waals surface area contributed by atoms with Gasteiger partial charge in [-0.2, -0.15) is 0 Å². The molecule has 0 radical (unpaired) electrons. The fourth-order valence-electron chi connectivity index (χ4n) is 4.03. The van der Waals surface area contributed by atoms with Crippen molar-refractivity contribution in [2.75, 3.05) is 10.2 Å². The van der Waals surface area contributed by atoms with Crippen molar-refractivity contribution in [2.45, 2.75) is 32.9 Å². The molecule has 1 fully saturated rings. The first-order chi connectivity index (χ1) is 16.7. The zero-order valence-corrected chi connectivity index (χ0v) is 19.3. The fourth-order valence-corrected chi connectivity index (χ4v) is 4.03. The number of imide groups is 1. The normalized spacial score (nSPS) is 15.3. The van der Waals surface area contributed by atoms with Gasteiger partial charge in [-0.05, 0) is 48.9 Å². The molecule has 7 nitrogen and oxygen atoms in total. The Balaban J connectivity index is 1.66. The van der Waals surface area contributed by atoms with Gasteiger partial charge in [0.05, 0.1) is 17.7 Å². The van der Waals surface area contributed by atoms with Crippen LogP contribution in [0.15, 0.2) is 72.8 Å². The first-order valence-corrected chi connectivity index (χ1v) is 11.1. The highest BCUT2D eigenvalue weighted by molar-refractivity contribution is 6.23. The maximum atomic E-state index is 14.5. The van der Waals surface area contributed by atoms with Crippen LogP contribution in [0.1, 0.15) is 34.8 Å². The minimum atomic E-state index is -1.09. The van der Waals surface area contributed by atoms with Crippen LogP contribution >= 0.6 is 0 Å². The molecule has 0 saturated carbocycles. The fraction of sp³-hybridized carbons (Fsp3) is 0.185. The molecule has 1 unspecified atom stereocenters. The van der Waals surface area contributed by atoms with Crippen molar-refractivity contribution >= 4 is 35.0 Å². The van der Waals surface area contributed by atoms with E-state index in [4.69, 9.17) is 0 Å². The van der Waals surface area contributed by atoms with Crippen molar-refractivity contribution in [3.05, 3.63) is 95.3 Å². The third-order valence-electron chi connectivity index (χ3n) is 5.78. The summed E-state index contributed by atoms with van der Waals surface area (Å²) in [7, 11) is 0. The molecule has 1 heterocycles. The summed E-state index contributed by atoms with van der Waals surface area (Å²) in [5.41, 5.74) is 2.45. The SMILES string of the molecule is CC(=O)Nc1ccc(N2C(=O)CC(N(Cc3ccc(C)cc3)C(=O)c3ccccc3F)C2=O)cc1. The Bertz CT molecular complexity index is 1290. The molecule has 1 aliphatic heterocycles. The van der Waals surface area contributed by atoms with Crippen LogP contribution in [0.3, 0.4) is 0 Å². The molecule has 0 aliphatic carbocycles. The smallest absolute Gasteiger partial charge is 0.257 e. The standard InChI is InChI=1S/C27H24FN3O4/c1-17-7-9-19(10-8-17)16-30(26(34)22-5-3-4-6-23(22)28)24-15-25(33)31(27(24)35)21-13-11-20(12-14-21)29-18(2)32/h3-14,24H,15-16H2,1-2H3,(H,29,32). The summed E-state index contributed by atoms with van der Waals surface area (Å²) in [6.07, 6.45) is -0.224. The predicted molar refractivity (Wildman–Crippen MR) is 129 cm³/mol. The lowest BCUT2D eigenvalue weighted by molar-refractivity contribution is -0.122. The van der Waals surface area contributed by atoms with E-state index in [9.17, 15) is 23.6 Å². The average molecular weight is 474 g/mol. The Morgan fingerprint density at radius 3 is 2.29 bits per heavy atom. The van der Waals surface area contributed by atoms with Gasteiger partial charge in [-0.15, -0.1) is 0 Å². The quantitative estimate of drug-likeness (QED) is 0.547. The Morgan fingerprint density at radius 2 is 1.66 bits per heavy atom. The molecule has 3 aromatic rings. The topological polar surface area (TPSA) is 86.8 Å². The number of nitrogens with zero attached hydrogens (tertiary/aromatic N) is 2. The van der Waals surface area contributed by atoms with E-state index >= 15 is 0 Å². The van der Waals surface area contributed by atoms with Crippen molar-refractivity contribution in [3.8, 4) is 0 Å². The summed E-state index contributed by atoms with van der Waals surface area (Å²) in [5, 5.41) is 2.63. The summed E-state index contributed by atoms with van der Waals surface area (Å²) >= 11 is 0. The van der Waals surface area contributed by atoms with E-state index in [1.807, 2.05) is 31.2 Å². The summed E-state index contributed by atoms with van der Waals surface area (Å²) in [6.45, 7) is 3.34. The second kappa shape index (κ2) is 9.89. The zero-order valence-electron chi connectivity index (χ0n) is 19.3. The van der Waals surface area contributed by atoms with Gasteiger partial charge in [0.25, 0.3) is 11.8 Å². The van der Waals surface area contributed by atoms with Crippen LogP contribution < -0.4 is 10.2 Å². The first kappa shape index (κ1) is 23.8. The molecule has 4 amide bonds. The molecule has 1 atom stereocenters. The van der Waals surface area contributed by atoms with E-state index in [0.29, 0.717) is 11.4 Å². The van der Waals surface area contributed by atoms with Gasteiger partial charge in [0.15, 0.2) is 0 Å². The molecule has 0 aromatic heterocycles. The van der Waals surface area contributed by atoms with Crippen LogP contribution in [0.4, 0.5) is 15.8 Å². The van der Waals surface area contributed by atoms with Gasteiger partial charge in [-0.3, -0.25) is 19.2 Å². The van der Waals surface area contributed by atoms with Crippen LogP contribution in [0.25, 0.3) is 0 Å². The monoisotopic (exact) mass is 473 g/mol.